The lowest BCUT2D eigenvalue weighted by Crippen LogP contribution is -2.47. The van der Waals surface area contributed by atoms with Crippen molar-refractivity contribution < 1.29 is 13.2 Å². The molecule has 0 bridgehead atoms. The fraction of sp³-hybridized carbons (Fsp3) is 0.417. The van der Waals surface area contributed by atoms with Crippen molar-refractivity contribution >= 4 is 21.6 Å². The van der Waals surface area contributed by atoms with Crippen LogP contribution in [0, 0.1) is 0 Å². The topological polar surface area (TPSA) is 66.5 Å². The van der Waals surface area contributed by atoms with Gasteiger partial charge in [-0.05, 0) is 25.0 Å². The maximum atomic E-state index is 12.5. The summed E-state index contributed by atoms with van der Waals surface area (Å²) in [7, 11) is -3.56. The average molecular weight is 266 g/mol. The summed E-state index contributed by atoms with van der Waals surface area (Å²) >= 11 is 0. The molecule has 1 N–H and O–H groups in total. The van der Waals surface area contributed by atoms with Crippen molar-refractivity contribution in [1.82, 2.24) is 4.31 Å². The summed E-state index contributed by atoms with van der Waals surface area (Å²) in [5.74, 6) is -0.219. The van der Waals surface area contributed by atoms with Gasteiger partial charge >= 0.3 is 0 Å². The van der Waals surface area contributed by atoms with E-state index in [1.165, 1.54) is 4.31 Å². The highest BCUT2D eigenvalue weighted by atomic mass is 32.2. The fourth-order valence-electron chi connectivity index (χ4n) is 2.59. The number of hydrogen-bond acceptors (Lipinski definition) is 3. The van der Waals surface area contributed by atoms with Gasteiger partial charge in [0.1, 0.15) is 10.9 Å². The first-order valence-corrected chi connectivity index (χ1v) is 7.46. The highest BCUT2D eigenvalue weighted by Gasteiger charge is 2.41. The minimum Gasteiger partial charge on any atom is -0.323 e. The number of piperidine rings is 1. The normalized spacial score (nSPS) is 26.7. The van der Waals surface area contributed by atoms with Crippen molar-refractivity contribution in [1.29, 1.82) is 0 Å². The van der Waals surface area contributed by atoms with Crippen LogP contribution in [0.1, 0.15) is 19.3 Å². The number of nitrogens with one attached hydrogen (secondary N) is 1. The van der Waals surface area contributed by atoms with E-state index in [1.54, 1.807) is 24.3 Å². The molecule has 5 nitrogen and oxygen atoms in total. The molecule has 0 saturated carbocycles. The second kappa shape index (κ2) is 4.07. The van der Waals surface area contributed by atoms with Crippen molar-refractivity contribution in [3.05, 3.63) is 24.3 Å². The van der Waals surface area contributed by atoms with Gasteiger partial charge in [0, 0.05) is 6.54 Å². The molecule has 0 spiro atoms. The van der Waals surface area contributed by atoms with Gasteiger partial charge in [-0.2, -0.15) is 4.31 Å². The second-order valence-corrected chi connectivity index (χ2v) is 6.47. The quantitative estimate of drug-likeness (QED) is 0.767. The minimum atomic E-state index is -3.56. The lowest BCUT2D eigenvalue weighted by Gasteiger charge is -2.31. The number of para-hydroxylation sites is 1. The molecule has 0 radical (unpaired) electrons. The van der Waals surface area contributed by atoms with E-state index in [0.717, 1.165) is 12.8 Å². The van der Waals surface area contributed by atoms with Crippen LogP contribution < -0.4 is 5.32 Å². The van der Waals surface area contributed by atoms with E-state index in [9.17, 15) is 13.2 Å². The van der Waals surface area contributed by atoms with E-state index in [4.69, 9.17) is 0 Å². The highest BCUT2D eigenvalue weighted by molar-refractivity contribution is 7.89. The van der Waals surface area contributed by atoms with Gasteiger partial charge in [-0.15, -0.1) is 0 Å². The molecule has 0 unspecified atom stereocenters. The number of rotatable bonds is 0. The van der Waals surface area contributed by atoms with Crippen LogP contribution in [0.25, 0.3) is 0 Å². The summed E-state index contributed by atoms with van der Waals surface area (Å²) in [6.45, 7) is 0.425. The minimum absolute atomic E-state index is 0.197. The van der Waals surface area contributed by atoms with Crippen LogP contribution in [-0.2, 0) is 14.8 Å². The molecule has 2 aliphatic heterocycles. The Balaban J connectivity index is 2.19. The molecule has 2 heterocycles. The third-order valence-corrected chi connectivity index (χ3v) is 5.45. The largest absolute Gasteiger partial charge is 0.323 e. The molecule has 1 atom stereocenters. The smallest absolute Gasteiger partial charge is 0.245 e. The number of carbonyl (C=O) groups excluding carboxylic acids is 1. The Hall–Kier alpha value is -1.40. The zero-order valence-electron chi connectivity index (χ0n) is 9.80. The molecule has 96 valence electrons. The van der Waals surface area contributed by atoms with Gasteiger partial charge in [-0.3, -0.25) is 4.79 Å². The standard InChI is InChI=1S/C12H14N2O3S/c15-12-10-6-3-4-8-14(10)18(16,17)11-7-2-1-5-9(11)13-12/h1-2,5,7,10H,3-4,6,8H2,(H,13,15)/t10-/m1/s1. The zero-order valence-corrected chi connectivity index (χ0v) is 10.6. The maximum Gasteiger partial charge on any atom is 0.245 e. The second-order valence-electron chi connectivity index (χ2n) is 4.61. The van der Waals surface area contributed by atoms with Crippen LogP contribution in [0.15, 0.2) is 29.2 Å². The molecule has 1 fully saturated rings. The van der Waals surface area contributed by atoms with Gasteiger partial charge in [-0.1, -0.05) is 18.6 Å². The lowest BCUT2D eigenvalue weighted by atomic mass is 10.0. The number of benzene rings is 1. The maximum absolute atomic E-state index is 12.5. The van der Waals surface area contributed by atoms with Crippen LogP contribution in [0.3, 0.4) is 0 Å². The molecule has 0 aliphatic carbocycles. The molecule has 1 amide bonds. The third-order valence-electron chi connectivity index (χ3n) is 3.49. The van der Waals surface area contributed by atoms with Gasteiger partial charge in [0.05, 0.1) is 5.69 Å². The lowest BCUT2D eigenvalue weighted by molar-refractivity contribution is -0.120. The number of fused-ring (bicyclic) bond motifs is 2. The van der Waals surface area contributed by atoms with E-state index in [2.05, 4.69) is 5.32 Å². The van der Waals surface area contributed by atoms with Gasteiger partial charge in [0.25, 0.3) is 0 Å². The van der Waals surface area contributed by atoms with E-state index < -0.39 is 16.1 Å². The summed E-state index contributed by atoms with van der Waals surface area (Å²) in [4.78, 5) is 12.3. The summed E-state index contributed by atoms with van der Waals surface area (Å²) < 4.78 is 26.4. The molecule has 0 aromatic heterocycles. The van der Waals surface area contributed by atoms with E-state index in [1.807, 2.05) is 0 Å². The predicted molar refractivity (Wildman–Crippen MR) is 66.6 cm³/mol. The van der Waals surface area contributed by atoms with E-state index in [0.29, 0.717) is 18.7 Å². The first kappa shape index (κ1) is 11.7. The van der Waals surface area contributed by atoms with Crippen LogP contribution in [-0.4, -0.2) is 31.2 Å². The molecule has 6 heteroatoms. The summed E-state index contributed by atoms with van der Waals surface area (Å²) in [5, 5.41) is 2.72. The number of nitrogens with zero attached hydrogens (tertiary/aromatic N) is 1. The molecule has 2 aliphatic rings. The van der Waals surface area contributed by atoms with Crippen LogP contribution >= 0.6 is 0 Å². The fourth-order valence-corrected chi connectivity index (χ4v) is 4.40. The van der Waals surface area contributed by atoms with Gasteiger partial charge < -0.3 is 5.32 Å². The van der Waals surface area contributed by atoms with Crippen molar-refractivity contribution in [3.8, 4) is 0 Å². The molecule has 3 rings (SSSR count). The van der Waals surface area contributed by atoms with Gasteiger partial charge in [0.15, 0.2) is 0 Å². The predicted octanol–water partition coefficient (Wildman–Crippen LogP) is 1.18. The SMILES string of the molecule is O=C1Nc2ccccc2S(=O)(=O)N2CCCC[C@H]12. The number of hydrogen-bond donors (Lipinski definition) is 1. The first-order valence-electron chi connectivity index (χ1n) is 6.02. The van der Waals surface area contributed by atoms with Crippen LogP contribution in [0.4, 0.5) is 5.69 Å². The Bertz CT molecular complexity index is 597. The van der Waals surface area contributed by atoms with Crippen LogP contribution in [0.5, 0.6) is 0 Å². The Morgan fingerprint density at radius 1 is 1.22 bits per heavy atom. The molecular weight excluding hydrogens is 252 g/mol. The number of sulfonamides is 1. The van der Waals surface area contributed by atoms with Crippen molar-refractivity contribution in [2.75, 3.05) is 11.9 Å². The summed E-state index contributed by atoms with van der Waals surface area (Å²) in [5.41, 5.74) is 0.386. The molecule has 1 aromatic carbocycles. The monoisotopic (exact) mass is 266 g/mol. The Labute approximate surface area is 106 Å². The number of anilines is 1. The zero-order chi connectivity index (χ0) is 12.8. The van der Waals surface area contributed by atoms with Crippen molar-refractivity contribution in [3.63, 3.8) is 0 Å². The molecule has 18 heavy (non-hydrogen) atoms. The van der Waals surface area contributed by atoms with E-state index in [-0.39, 0.29) is 10.8 Å². The Morgan fingerprint density at radius 3 is 2.83 bits per heavy atom. The van der Waals surface area contributed by atoms with Gasteiger partial charge in [-0.25, -0.2) is 8.42 Å². The average Bonchev–Trinajstić information content (AvgIpc) is 2.46. The summed E-state index contributed by atoms with van der Waals surface area (Å²) in [6, 6.07) is 6.01. The molecule has 1 aromatic rings. The van der Waals surface area contributed by atoms with Gasteiger partial charge in [0.2, 0.25) is 15.9 Å². The number of amides is 1. The van der Waals surface area contributed by atoms with Crippen LogP contribution in [0.2, 0.25) is 0 Å². The molecular formula is C12H14N2O3S. The summed E-state index contributed by atoms with van der Waals surface area (Å²) in [6.07, 6.45) is 2.30. The number of carbonyl (C=O) groups is 1. The highest BCUT2D eigenvalue weighted by Crippen LogP contribution is 2.33. The Morgan fingerprint density at radius 2 is 2.00 bits per heavy atom. The Kier molecular flexibility index (Phi) is 2.64. The van der Waals surface area contributed by atoms with Crippen molar-refractivity contribution in [2.24, 2.45) is 0 Å². The third kappa shape index (κ3) is 1.64. The molecule has 1 saturated heterocycles. The first-order chi connectivity index (χ1) is 8.60. The van der Waals surface area contributed by atoms with Crippen molar-refractivity contribution in [2.45, 2.75) is 30.2 Å². The van der Waals surface area contributed by atoms with E-state index >= 15 is 0 Å².